The Balaban J connectivity index is 1.36. The molecule has 2 fully saturated rings. The summed E-state index contributed by atoms with van der Waals surface area (Å²) in [6.45, 7) is 3.85. The van der Waals surface area contributed by atoms with Crippen molar-refractivity contribution in [3.8, 4) is 0 Å². The predicted octanol–water partition coefficient (Wildman–Crippen LogP) is 3.39. The van der Waals surface area contributed by atoms with Crippen molar-refractivity contribution in [1.82, 2.24) is 10.2 Å². The smallest absolute Gasteiger partial charge is 0.288 e. The molecule has 3 aliphatic rings. The predicted molar refractivity (Wildman–Crippen MR) is 144 cm³/mol. The summed E-state index contributed by atoms with van der Waals surface area (Å²) >= 11 is 0. The lowest BCUT2D eigenvalue weighted by atomic mass is 9.80. The van der Waals surface area contributed by atoms with Gasteiger partial charge in [-0.3, -0.25) is 9.59 Å². The van der Waals surface area contributed by atoms with E-state index in [9.17, 15) is 14.7 Å². The van der Waals surface area contributed by atoms with Crippen LogP contribution in [-0.4, -0.2) is 66.6 Å². The number of likely N-dealkylation sites (tertiary alicyclic amines) is 1. The van der Waals surface area contributed by atoms with Gasteiger partial charge in [-0.1, -0.05) is 48.5 Å². The van der Waals surface area contributed by atoms with E-state index in [2.05, 4.69) is 22.3 Å². The van der Waals surface area contributed by atoms with Crippen LogP contribution in [0.25, 0.3) is 0 Å². The van der Waals surface area contributed by atoms with Gasteiger partial charge in [0.25, 0.3) is 5.91 Å². The van der Waals surface area contributed by atoms with E-state index in [0.717, 1.165) is 17.7 Å². The maximum absolute atomic E-state index is 13.8. The number of allylic oxidation sites excluding steroid dienone is 1. The second-order valence-corrected chi connectivity index (χ2v) is 10.2. The Kier molecular flexibility index (Phi) is 8.00. The van der Waals surface area contributed by atoms with E-state index in [1.165, 1.54) is 0 Å². The number of amides is 2. The number of ether oxygens (including phenoxy) is 2. The molecule has 0 radical (unpaired) electrons. The van der Waals surface area contributed by atoms with Crippen LogP contribution in [0.15, 0.2) is 72.5 Å². The van der Waals surface area contributed by atoms with E-state index >= 15 is 0 Å². The molecule has 2 amide bonds. The number of aliphatic hydroxyl groups is 1. The van der Waals surface area contributed by atoms with E-state index in [-0.39, 0.29) is 30.3 Å². The summed E-state index contributed by atoms with van der Waals surface area (Å²) in [5.74, 6) is 0.0542. The number of rotatable bonds is 8. The molecule has 2 aromatic rings. The number of anilines is 1. The lowest BCUT2D eigenvalue weighted by Gasteiger charge is -2.44. The normalized spacial score (nSPS) is 24.6. The second-order valence-electron chi connectivity index (χ2n) is 10.2. The average Bonchev–Trinajstić information content (AvgIpc) is 3.27. The van der Waals surface area contributed by atoms with Crippen LogP contribution in [0.5, 0.6) is 0 Å². The van der Waals surface area contributed by atoms with Crippen molar-refractivity contribution in [1.29, 1.82) is 0 Å². The topological polar surface area (TPSA) is 91.3 Å². The summed E-state index contributed by atoms with van der Waals surface area (Å²) in [5, 5.41) is 12.5. The Morgan fingerprint density at radius 3 is 2.45 bits per heavy atom. The van der Waals surface area contributed by atoms with Crippen molar-refractivity contribution in [2.45, 2.75) is 50.4 Å². The van der Waals surface area contributed by atoms with E-state index in [0.29, 0.717) is 51.4 Å². The summed E-state index contributed by atoms with van der Waals surface area (Å²) in [7, 11) is 0. The first kappa shape index (κ1) is 26.3. The lowest BCUT2D eigenvalue weighted by molar-refractivity contribution is -0.171. The fraction of sp³-hybridized carbons (Fsp3) is 0.467. The molecule has 38 heavy (non-hydrogen) atoms. The second kappa shape index (κ2) is 11.6. The highest BCUT2D eigenvalue weighted by Crippen LogP contribution is 2.41. The molecule has 202 valence electrons. The first-order chi connectivity index (χ1) is 18.6. The van der Waals surface area contributed by atoms with Gasteiger partial charge in [0.1, 0.15) is 5.54 Å². The van der Waals surface area contributed by atoms with Crippen LogP contribution in [0.2, 0.25) is 0 Å². The van der Waals surface area contributed by atoms with Crippen molar-refractivity contribution >= 4 is 17.5 Å². The minimum atomic E-state index is -0.657. The molecule has 1 spiro atoms. The third-order valence-electron chi connectivity index (χ3n) is 8.09. The molecule has 8 nitrogen and oxygen atoms in total. The number of aliphatic hydroxyl groups excluding tert-OH is 1. The van der Waals surface area contributed by atoms with E-state index in [1.807, 2.05) is 61.5 Å². The van der Waals surface area contributed by atoms with Gasteiger partial charge in [-0.15, -0.1) is 0 Å². The number of carbonyl (C=O) groups is 2. The first-order valence-corrected chi connectivity index (χ1v) is 13.6. The van der Waals surface area contributed by atoms with Crippen LogP contribution < -0.4 is 10.2 Å². The Morgan fingerprint density at radius 1 is 1.11 bits per heavy atom. The van der Waals surface area contributed by atoms with Crippen LogP contribution in [0.4, 0.5) is 5.69 Å². The molecule has 3 heterocycles. The third kappa shape index (κ3) is 5.02. The van der Waals surface area contributed by atoms with Crippen LogP contribution in [0.3, 0.4) is 0 Å². The summed E-state index contributed by atoms with van der Waals surface area (Å²) in [6.07, 6.45) is 3.79. The Hall–Kier alpha value is -3.36. The molecule has 8 heteroatoms. The van der Waals surface area contributed by atoms with Gasteiger partial charge in [-0.05, 0) is 56.4 Å². The number of hydrogen-bond donors (Lipinski definition) is 2. The SMILES string of the molecule is CCO[C@@H]1OC(C(=O)N2CCC3(CC2)C(=O)NCN3c2ccccc2)=C[C@H](c2ccccc2)[C@H]1CCCO. The number of nitrogens with zero attached hydrogens (tertiary/aromatic N) is 2. The summed E-state index contributed by atoms with van der Waals surface area (Å²) in [6, 6.07) is 20.0. The summed E-state index contributed by atoms with van der Waals surface area (Å²) in [5.41, 5.74) is 1.44. The Bertz CT molecular complexity index is 1130. The van der Waals surface area contributed by atoms with Gasteiger partial charge >= 0.3 is 0 Å². The molecule has 0 saturated carbocycles. The summed E-state index contributed by atoms with van der Waals surface area (Å²) in [4.78, 5) is 30.7. The van der Waals surface area contributed by atoms with Gasteiger partial charge in [-0.2, -0.15) is 0 Å². The first-order valence-electron chi connectivity index (χ1n) is 13.6. The highest BCUT2D eigenvalue weighted by atomic mass is 16.7. The summed E-state index contributed by atoms with van der Waals surface area (Å²) < 4.78 is 12.2. The molecule has 0 aliphatic carbocycles. The highest BCUT2D eigenvalue weighted by Gasteiger charge is 2.51. The maximum Gasteiger partial charge on any atom is 0.288 e. The zero-order chi connectivity index (χ0) is 26.5. The van der Waals surface area contributed by atoms with Crippen molar-refractivity contribution in [3.05, 3.63) is 78.1 Å². The minimum Gasteiger partial charge on any atom is -0.459 e. The molecule has 2 aromatic carbocycles. The number of carbonyl (C=O) groups excluding carboxylic acids is 2. The van der Waals surface area contributed by atoms with Gasteiger partial charge in [0, 0.05) is 43.8 Å². The van der Waals surface area contributed by atoms with E-state index < -0.39 is 11.8 Å². The quantitative estimate of drug-likeness (QED) is 0.556. The maximum atomic E-state index is 13.8. The molecular formula is C30H37N3O5. The van der Waals surface area contributed by atoms with Crippen molar-refractivity contribution in [2.75, 3.05) is 37.9 Å². The fourth-order valence-electron chi connectivity index (χ4n) is 6.08. The molecule has 3 atom stereocenters. The number of para-hydroxylation sites is 1. The number of nitrogens with one attached hydrogen (secondary N) is 1. The zero-order valence-corrected chi connectivity index (χ0v) is 21.9. The molecular weight excluding hydrogens is 482 g/mol. The van der Waals surface area contributed by atoms with Crippen molar-refractivity contribution in [2.24, 2.45) is 5.92 Å². The molecule has 0 bridgehead atoms. The molecule has 2 saturated heterocycles. The molecule has 2 N–H and O–H groups in total. The van der Waals surface area contributed by atoms with Gasteiger partial charge in [0.15, 0.2) is 5.76 Å². The zero-order valence-electron chi connectivity index (χ0n) is 21.9. The Morgan fingerprint density at radius 2 is 1.79 bits per heavy atom. The molecule has 0 unspecified atom stereocenters. The highest BCUT2D eigenvalue weighted by molar-refractivity contribution is 5.95. The standard InChI is InChI=1S/C30H37N3O5/c1-2-37-28-24(14-9-19-34)25(22-10-5-3-6-11-22)20-26(38-28)27(35)32-17-15-30(16-18-32)29(36)31-21-33(30)23-12-7-4-8-13-23/h3-8,10-13,20,24-25,28,34H,2,9,14-19,21H2,1H3,(H,31,36)/t24-,25-,28-/m1/s1. The third-order valence-corrected chi connectivity index (χ3v) is 8.09. The van der Waals surface area contributed by atoms with Crippen LogP contribution in [0.1, 0.15) is 44.1 Å². The number of benzene rings is 2. The minimum absolute atomic E-state index is 0.0210. The van der Waals surface area contributed by atoms with Crippen LogP contribution in [0, 0.1) is 5.92 Å². The van der Waals surface area contributed by atoms with Gasteiger partial charge < -0.3 is 29.7 Å². The van der Waals surface area contributed by atoms with Crippen LogP contribution >= 0.6 is 0 Å². The number of piperidine rings is 1. The van der Waals surface area contributed by atoms with E-state index in [1.54, 1.807) is 4.90 Å². The largest absolute Gasteiger partial charge is 0.459 e. The number of hydrogen-bond acceptors (Lipinski definition) is 6. The monoisotopic (exact) mass is 519 g/mol. The van der Waals surface area contributed by atoms with Gasteiger partial charge in [-0.25, -0.2) is 0 Å². The average molecular weight is 520 g/mol. The fourth-order valence-corrected chi connectivity index (χ4v) is 6.08. The lowest BCUT2D eigenvalue weighted by Crippen LogP contribution is -2.57. The molecule has 5 rings (SSSR count). The Labute approximate surface area is 224 Å². The van der Waals surface area contributed by atoms with Crippen molar-refractivity contribution in [3.63, 3.8) is 0 Å². The molecule has 0 aromatic heterocycles. The van der Waals surface area contributed by atoms with Crippen LogP contribution in [-0.2, 0) is 19.1 Å². The molecule has 3 aliphatic heterocycles. The van der Waals surface area contributed by atoms with E-state index in [4.69, 9.17) is 9.47 Å². The van der Waals surface area contributed by atoms with Crippen molar-refractivity contribution < 1.29 is 24.2 Å². The van der Waals surface area contributed by atoms with Gasteiger partial charge in [0.2, 0.25) is 12.2 Å². The van der Waals surface area contributed by atoms with Gasteiger partial charge in [0.05, 0.1) is 6.67 Å².